The van der Waals surface area contributed by atoms with Crippen molar-refractivity contribution in [1.29, 1.82) is 0 Å². The van der Waals surface area contributed by atoms with Crippen molar-refractivity contribution in [2.24, 2.45) is 7.05 Å². The maximum absolute atomic E-state index is 4.83. The van der Waals surface area contributed by atoms with Crippen molar-refractivity contribution in [3.8, 4) is 0 Å². The molecule has 3 heteroatoms. The molecule has 0 spiro atoms. The molecule has 1 aromatic heterocycles. The molecule has 1 saturated carbocycles. The summed E-state index contributed by atoms with van der Waals surface area (Å²) in [5, 5.41) is 3.17. The molecular formula is C14H19N3. The largest absolute Gasteiger partial charge is 0.388 e. The fourth-order valence-electron chi connectivity index (χ4n) is 2.92. The van der Waals surface area contributed by atoms with Crippen molar-refractivity contribution in [1.82, 2.24) is 9.55 Å². The maximum Gasteiger partial charge on any atom is 0.112 e. The molecule has 0 radical (unpaired) electrons. The molecule has 17 heavy (non-hydrogen) atoms. The van der Waals surface area contributed by atoms with Crippen LogP contribution < -0.4 is 5.32 Å². The number of fused-ring (bicyclic) bond motifs is 1. The lowest BCUT2D eigenvalue weighted by Gasteiger charge is -2.08. The minimum atomic E-state index is 0.672. The number of aromatic nitrogens is 2. The molecule has 0 atom stereocenters. The van der Waals surface area contributed by atoms with Crippen molar-refractivity contribution in [2.75, 3.05) is 12.4 Å². The average Bonchev–Trinajstić information content (AvgIpc) is 2.97. The van der Waals surface area contributed by atoms with E-state index in [-0.39, 0.29) is 0 Å². The molecule has 0 aliphatic heterocycles. The molecule has 1 aromatic carbocycles. The van der Waals surface area contributed by atoms with Crippen molar-refractivity contribution in [3.63, 3.8) is 0 Å². The summed E-state index contributed by atoms with van der Waals surface area (Å²) in [6, 6.07) is 6.41. The molecule has 1 heterocycles. The predicted molar refractivity (Wildman–Crippen MR) is 71.5 cm³/mol. The van der Waals surface area contributed by atoms with Crippen LogP contribution in [-0.4, -0.2) is 16.6 Å². The standard InChI is InChI=1S/C14H19N3/c1-15-11-7-8-13-12(9-11)16-14(17(13)2)10-5-3-4-6-10/h7-10,15H,3-6H2,1-2H3. The van der Waals surface area contributed by atoms with E-state index in [1.165, 1.54) is 37.0 Å². The van der Waals surface area contributed by atoms with Gasteiger partial charge in [0.1, 0.15) is 5.82 Å². The number of rotatable bonds is 2. The fraction of sp³-hybridized carbons (Fsp3) is 0.500. The number of hydrogen-bond acceptors (Lipinski definition) is 2. The van der Waals surface area contributed by atoms with E-state index in [0.29, 0.717) is 5.92 Å². The van der Waals surface area contributed by atoms with E-state index in [4.69, 9.17) is 4.98 Å². The smallest absolute Gasteiger partial charge is 0.112 e. The van der Waals surface area contributed by atoms with Gasteiger partial charge in [0, 0.05) is 25.7 Å². The van der Waals surface area contributed by atoms with Crippen LogP contribution in [0, 0.1) is 0 Å². The first-order valence-corrected chi connectivity index (χ1v) is 6.43. The molecule has 3 rings (SSSR count). The summed E-state index contributed by atoms with van der Waals surface area (Å²) in [6.07, 6.45) is 5.32. The molecule has 3 nitrogen and oxygen atoms in total. The SMILES string of the molecule is CNc1ccc2c(c1)nc(C1CCCC1)n2C. The number of aryl methyl sites for hydroxylation is 1. The molecule has 0 amide bonds. The number of nitrogens with one attached hydrogen (secondary N) is 1. The van der Waals surface area contributed by atoms with Gasteiger partial charge < -0.3 is 9.88 Å². The number of nitrogens with zero attached hydrogens (tertiary/aromatic N) is 2. The van der Waals surface area contributed by atoms with Crippen LogP contribution in [0.4, 0.5) is 5.69 Å². The molecule has 1 aliphatic carbocycles. The molecule has 1 N–H and O–H groups in total. The topological polar surface area (TPSA) is 29.9 Å². The van der Waals surface area contributed by atoms with E-state index >= 15 is 0 Å². The molecule has 1 aliphatic rings. The van der Waals surface area contributed by atoms with Crippen LogP contribution in [0.3, 0.4) is 0 Å². The summed E-state index contributed by atoms with van der Waals surface area (Å²) in [5.41, 5.74) is 3.49. The lowest BCUT2D eigenvalue weighted by Crippen LogP contribution is -2.02. The van der Waals surface area contributed by atoms with Gasteiger partial charge in [-0.25, -0.2) is 4.98 Å². The van der Waals surface area contributed by atoms with Crippen molar-refractivity contribution in [3.05, 3.63) is 24.0 Å². The highest BCUT2D eigenvalue weighted by Gasteiger charge is 2.22. The molecule has 0 unspecified atom stereocenters. The first-order chi connectivity index (χ1) is 8.29. The van der Waals surface area contributed by atoms with Crippen molar-refractivity contribution in [2.45, 2.75) is 31.6 Å². The van der Waals surface area contributed by atoms with Crippen LogP contribution in [0.2, 0.25) is 0 Å². The van der Waals surface area contributed by atoms with E-state index in [0.717, 1.165) is 11.2 Å². The third-order valence-corrected chi connectivity index (χ3v) is 3.92. The third kappa shape index (κ3) is 1.70. The van der Waals surface area contributed by atoms with Crippen molar-refractivity contribution < 1.29 is 0 Å². The Bertz CT molecular complexity index is 536. The minimum Gasteiger partial charge on any atom is -0.388 e. The van der Waals surface area contributed by atoms with Gasteiger partial charge in [0.25, 0.3) is 0 Å². The number of benzene rings is 1. The van der Waals surface area contributed by atoms with E-state index in [1.54, 1.807) is 0 Å². The molecule has 1 fully saturated rings. The Morgan fingerprint density at radius 3 is 2.76 bits per heavy atom. The summed E-state index contributed by atoms with van der Waals surface area (Å²) in [4.78, 5) is 4.83. The van der Waals surface area contributed by atoms with Crippen LogP contribution in [0.15, 0.2) is 18.2 Å². The number of imidazole rings is 1. The normalized spacial score (nSPS) is 16.8. The molecule has 0 saturated heterocycles. The quantitative estimate of drug-likeness (QED) is 0.856. The van der Waals surface area contributed by atoms with Gasteiger partial charge in [0.15, 0.2) is 0 Å². The van der Waals surface area contributed by atoms with Crippen LogP contribution in [0.5, 0.6) is 0 Å². The van der Waals surface area contributed by atoms with Gasteiger partial charge in [-0.15, -0.1) is 0 Å². The second kappa shape index (κ2) is 4.06. The Hall–Kier alpha value is -1.51. The van der Waals surface area contributed by atoms with E-state index < -0.39 is 0 Å². The number of anilines is 1. The lowest BCUT2D eigenvalue weighted by atomic mass is 10.1. The summed E-state index contributed by atoms with van der Waals surface area (Å²) in [6.45, 7) is 0. The Balaban J connectivity index is 2.10. The molecular weight excluding hydrogens is 210 g/mol. The van der Waals surface area contributed by atoms with Crippen LogP contribution in [-0.2, 0) is 7.05 Å². The summed E-state index contributed by atoms with van der Waals surface area (Å²) in [5.74, 6) is 1.94. The van der Waals surface area contributed by atoms with Gasteiger partial charge in [-0.05, 0) is 31.0 Å². The monoisotopic (exact) mass is 229 g/mol. The third-order valence-electron chi connectivity index (χ3n) is 3.92. The zero-order valence-corrected chi connectivity index (χ0v) is 10.5. The molecule has 0 bridgehead atoms. The minimum absolute atomic E-state index is 0.672. The lowest BCUT2D eigenvalue weighted by molar-refractivity contribution is 0.639. The summed E-state index contributed by atoms with van der Waals surface area (Å²) in [7, 11) is 4.09. The average molecular weight is 229 g/mol. The van der Waals surface area contributed by atoms with Gasteiger partial charge >= 0.3 is 0 Å². The Labute approximate surface area is 102 Å². The zero-order chi connectivity index (χ0) is 11.8. The van der Waals surface area contributed by atoms with Crippen LogP contribution >= 0.6 is 0 Å². The Morgan fingerprint density at radius 2 is 2.06 bits per heavy atom. The Kier molecular flexibility index (Phi) is 2.54. The highest BCUT2D eigenvalue weighted by Crippen LogP contribution is 2.34. The van der Waals surface area contributed by atoms with Gasteiger partial charge in [-0.1, -0.05) is 12.8 Å². The Morgan fingerprint density at radius 1 is 1.29 bits per heavy atom. The summed E-state index contributed by atoms with van der Waals surface area (Å²) >= 11 is 0. The van der Waals surface area contributed by atoms with Gasteiger partial charge in [0.2, 0.25) is 0 Å². The van der Waals surface area contributed by atoms with Gasteiger partial charge in [0.05, 0.1) is 11.0 Å². The van der Waals surface area contributed by atoms with E-state index in [9.17, 15) is 0 Å². The zero-order valence-electron chi connectivity index (χ0n) is 10.5. The summed E-state index contributed by atoms with van der Waals surface area (Å²) < 4.78 is 2.27. The first kappa shape index (κ1) is 10.6. The van der Waals surface area contributed by atoms with Crippen LogP contribution in [0.1, 0.15) is 37.4 Å². The van der Waals surface area contributed by atoms with E-state index in [2.05, 4.69) is 35.1 Å². The van der Waals surface area contributed by atoms with Gasteiger partial charge in [-0.3, -0.25) is 0 Å². The maximum atomic E-state index is 4.83. The van der Waals surface area contributed by atoms with Gasteiger partial charge in [-0.2, -0.15) is 0 Å². The predicted octanol–water partition coefficient (Wildman–Crippen LogP) is 3.27. The molecule has 2 aromatic rings. The highest BCUT2D eigenvalue weighted by atomic mass is 15.1. The second-order valence-electron chi connectivity index (χ2n) is 4.96. The van der Waals surface area contributed by atoms with Crippen LogP contribution in [0.25, 0.3) is 11.0 Å². The highest BCUT2D eigenvalue weighted by molar-refractivity contribution is 5.80. The second-order valence-corrected chi connectivity index (χ2v) is 4.96. The van der Waals surface area contributed by atoms with Crippen molar-refractivity contribution >= 4 is 16.7 Å². The number of hydrogen-bond donors (Lipinski definition) is 1. The van der Waals surface area contributed by atoms with E-state index in [1.807, 2.05) is 7.05 Å². The fourth-order valence-corrected chi connectivity index (χ4v) is 2.92. The first-order valence-electron chi connectivity index (χ1n) is 6.43. The molecule has 90 valence electrons.